The van der Waals surface area contributed by atoms with Crippen molar-refractivity contribution in [2.24, 2.45) is 7.05 Å². The Labute approximate surface area is 408 Å². The molecule has 0 saturated carbocycles. The first-order valence-electron chi connectivity index (χ1n) is 23.1. The van der Waals surface area contributed by atoms with Crippen LogP contribution in [0.5, 0.6) is 17.5 Å². The van der Waals surface area contributed by atoms with Crippen LogP contribution in [0.15, 0.2) is 150 Å². The van der Waals surface area contributed by atoms with Crippen molar-refractivity contribution in [3.05, 3.63) is 179 Å². The number of halogens is 1. The number of aryl methyl sites for hydroxylation is 1. The number of benzene rings is 6. The van der Waals surface area contributed by atoms with Crippen LogP contribution in [-0.2, 0) is 46.7 Å². The Morgan fingerprint density at radius 3 is 2.03 bits per heavy atom. The summed E-state index contributed by atoms with van der Waals surface area (Å²) in [5.41, 5.74) is 5.40. The number of anilines is 3. The first kappa shape index (κ1) is 46.5. The maximum Gasteiger partial charge on any atom is 0.333 e. The van der Waals surface area contributed by atoms with E-state index in [0.29, 0.717) is 71.8 Å². The van der Waals surface area contributed by atoms with Crippen LogP contribution in [-0.4, -0.2) is 78.5 Å². The van der Waals surface area contributed by atoms with Crippen LogP contribution in [0.25, 0.3) is 27.5 Å². The molecule has 362 valence electrons. The van der Waals surface area contributed by atoms with Crippen molar-refractivity contribution in [3.63, 3.8) is 0 Å². The van der Waals surface area contributed by atoms with Crippen molar-refractivity contribution >= 4 is 60.9 Å². The van der Waals surface area contributed by atoms with E-state index in [-0.39, 0.29) is 53.9 Å². The molecule has 0 radical (unpaired) electrons. The number of carbonyl (C=O) groups excluding carboxylic acids is 2. The molecule has 0 bridgehead atoms. The van der Waals surface area contributed by atoms with Gasteiger partial charge in [-0.05, 0) is 70.6 Å². The molecule has 2 aliphatic rings. The number of rotatable bonds is 16. The molecule has 18 heteroatoms. The number of imidazole rings is 1. The van der Waals surface area contributed by atoms with Crippen molar-refractivity contribution in [3.8, 4) is 23.2 Å². The summed E-state index contributed by atoms with van der Waals surface area (Å²) in [4.78, 5) is 48.7. The van der Waals surface area contributed by atoms with Crippen LogP contribution >= 0.6 is 0 Å². The van der Waals surface area contributed by atoms with E-state index < -0.39 is 28.5 Å². The van der Waals surface area contributed by atoms with E-state index in [2.05, 4.69) is 15.1 Å². The highest BCUT2D eigenvalue weighted by Gasteiger charge is 2.38. The van der Waals surface area contributed by atoms with Gasteiger partial charge in [0, 0.05) is 69.0 Å². The van der Waals surface area contributed by atoms with Crippen molar-refractivity contribution in [2.75, 3.05) is 53.8 Å². The van der Waals surface area contributed by atoms with Gasteiger partial charge < -0.3 is 24.4 Å². The molecule has 0 unspecified atom stereocenters. The van der Waals surface area contributed by atoms with Gasteiger partial charge in [0.1, 0.15) is 43.5 Å². The second-order valence-electron chi connectivity index (χ2n) is 17.3. The summed E-state index contributed by atoms with van der Waals surface area (Å²) in [5, 5.41) is 3.37. The lowest BCUT2D eigenvalue weighted by Crippen LogP contribution is -2.47. The van der Waals surface area contributed by atoms with E-state index in [1.165, 1.54) is 12.1 Å². The molecule has 2 aromatic heterocycles. The van der Waals surface area contributed by atoms with Crippen LogP contribution in [0.2, 0.25) is 0 Å². The maximum absolute atomic E-state index is 16.3. The van der Waals surface area contributed by atoms with Gasteiger partial charge in [0.05, 0.1) is 11.0 Å². The molecule has 0 spiro atoms. The first-order valence-corrected chi connectivity index (χ1v) is 24.5. The van der Waals surface area contributed by atoms with Crippen LogP contribution < -0.4 is 39.1 Å². The summed E-state index contributed by atoms with van der Waals surface area (Å²) < 4.78 is 66.1. The van der Waals surface area contributed by atoms with Crippen molar-refractivity contribution < 1.29 is 36.6 Å². The molecule has 2 aliphatic heterocycles. The molecule has 6 aromatic carbocycles. The fourth-order valence-corrected chi connectivity index (χ4v) is 9.99. The minimum Gasteiger partial charge on any atom is -0.487 e. The number of carbonyl (C=O) groups is 2. The van der Waals surface area contributed by atoms with Crippen molar-refractivity contribution in [1.29, 1.82) is 0 Å². The highest BCUT2D eigenvalue weighted by molar-refractivity contribution is 7.92. The summed E-state index contributed by atoms with van der Waals surface area (Å²) in [6.07, 6.45) is 0.207. The number of fused-ring (bicyclic) bond motifs is 2. The number of hydrogen-bond donors (Lipinski definition) is 2. The summed E-state index contributed by atoms with van der Waals surface area (Å²) in [6.45, 7) is 3.29. The molecule has 4 heterocycles. The van der Waals surface area contributed by atoms with Gasteiger partial charge in [0.2, 0.25) is 17.7 Å². The number of aromatic nitrogens is 3. The van der Waals surface area contributed by atoms with Crippen molar-refractivity contribution in [2.45, 2.75) is 26.2 Å². The number of nitrogens with one attached hydrogen (secondary N) is 2. The third-order valence-electron chi connectivity index (χ3n) is 12.5. The number of nitrogens with zero attached hydrogens (tertiary/aromatic N) is 6. The average molecular weight is 977 g/mol. The zero-order valence-electron chi connectivity index (χ0n) is 38.7. The highest BCUT2D eigenvalue weighted by atomic mass is 32.2. The molecular weight excluding hydrogens is 928 g/mol. The van der Waals surface area contributed by atoms with Gasteiger partial charge in [-0.3, -0.25) is 23.6 Å². The quantitative estimate of drug-likeness (QED) is 0.101. The number of pyridine rings is 1. The molecule has 10 rings (SSSR count). The Kier molecular flexibility index (Phi) is 13.1. The van der Waals surface area contributed by atoms with Crippen LogP contribution in [0.3, 0.4) is 0 Å². The van der Waals surface area contributed by atoms with Gasteiger partial charge >= 0.3 is 15.9 Å². The predicted molar refractivity (Wildman–Crippen MR) is 269 cm³/mol. The lowest BCUT2D eigenvalue weighted by Gasteiger charge is -2.36. The maximum atomic E-state index is 16.3. The van der Waals surface area contributed by atoms with E-state index in [0.717, 1.165) is 27.9 Å². The van der Waals surface area contributed by atoms with Crippen LogP contribution in [0.4, 0.5) is 21.5 Å². The molecule has 16 nitrogen and oxygen atoms in total. The number of ether oxygens (including phenoxy) is 3. The Morgan fingerprint density at radius 1 is 0.732 bits per heavy atom. The fraction of sp³-hybridized carbons (Fsp3) is 0.208. The van der Waals surface area contributed by atoms with E-state index in [9.17, 15) is 22.8 Å². The standard InChI is InChI=1S/C53H49FN8O8S/c1-58-45-31-41(18-20-43(45)62(53(58)65)44-21-22-49(69-34-37-13-7-3-8-14-37)56-52(44)70-35-38-15-9-4-10-16-38)60-27-25-59(26-28-60)24-23-47(63)55-40-17-19-42-39(29-40)30-46(68-33-36-11-5-2-6-12-36)51(50(42)54)61-32-48(64)57-71(61,66)67/h2-22,29-31H,23-28,32-35H2,1H3,(H,55,63)(H,57,64). The lowest BCUT2D eigenvalue weighted by atomic mass is 10.1. The fourth-order valence-electron chi connectivity index (χ4n) is 8.83. The second-order valence-corrected chi connectivity index (χ2v) is 18.9. The van der Waals surface area contributed by atoms with Gasteiger partial charge in [-0.15, -0.1) is 0 Å². The molecular formula is C53H49FN8O8S. The summed E-state index contributed by atoms with van der Waals surface area (Å²) in [7, 11) is -2.60. The molecule has 2 saturated heterocycles. The molecule has 0 aliphatic carbocycles. The zero-order chi connectivity index (χ0) is 49.1. The molecule has 2 amide bonds. The highest BCUT2D eigenvalue weighted by Crippen LogP contribution is 2.40. The first-order chi connectivity index (χ1) is 34.5. The topological polar surface area (TPSA) is 170 Å². The number of hydrogen-bond acceptors (Lipinski definition) is 11. The minimum absolute atomic E-state index is 0.0111. The predicted octanol–water partition coefficient (Wildman–Crippen LogP) is 7.09. The summed E-state index contributed by atoms with van der Waals surface area (Å²) in [6, 6.07) is 44.3. The second kappa shape index (κ2) is 20.0. The van der Waals surface area contributed by atoms with Gasteiger partial charge in [-0.25, -0.2) is 18.2 Å². The molecule has 0 atom stereocenters. The average Bonchev–Trinajstić information content (AvgIpc) is 3.81. The van der Waals surface area contributed by atoms with E-state index in [1.54, 1.807) is 40.4 Å². The monoisotopic (exact) mass is 976 g/mol. The Hall–Kier alpha value is -8.22. The minimum atomic E-state index is -4.35. The SMILES string of the molecule is Cn1c(=O)n(-c2ccc(OCc3ccccc3)nc2OCc2ccccc2)c2ccc(N3CCN(CCC(=O)Nc4ccc5c(F)c(N6CC(=O)NS6(=O)=O)c(OCc6ccccc6)cc5c4)CC3)cc21. The van der Waals surface area contributed by atoms with E-state index in [1.807, 2.05) is 114 Å². The third kappa shape index (κ3) is 10.1. The third-order valence-corrected chi connectivity index (χ3v) is 13.9. The Bertz CT molecular complexity index is 3440. The van der Waals surface area contributed by atoms with Crippen molar-refractivity contribution in [1.82, 2.24) is 23.7 Å². The van der Waals surface area contributed by atoms with Gasteiger partial charge in [-0.1, -0.05) is 91.0 Å². The van der Waals surface area contributed by atoms with Gasteiger partial charge in [0.15, 0.2) is 5.82 Å². The lowest BCUT2D eigenvalue weighted by molar-refractivity contribution is -0.117. The molecule has 8 aromatic rings. The van der Waals surface area contributed by atoms with Gasteiger partial charge in [-0.2, -0.15) is 13.4 Å². The normalized spacial score (nSPS) is 14.7. The molecule has 2 N–H and O–H groups in total. The largest absolute Gasteiger partial charge is 0.487 e. The Morgan fingerprint density at radius 2 is 1.38 bits per heavy atom. The molecule has 71 heavy (non-hydrogen) atoms. The summed E-state index contributed by atoms with van der Waals surface area (Å²) in [5.74, 6) is -1.35. The van der Waals surface area contributed by atoms with Crippen LogP contribution in [0.1, 0.15) is 23.1 Å². The van der Waals surface area contributed by atoms with Gasteiger partial charge in [0.25, 0.3) is 5.91 Å². The Balaban J connectivity index is 0.795. The van der Waals surface area contributed by atoms with E-state index in [4.69, 9.17) is 19.2 Å². The van der Waals surface area contributed by atoms with Crippen LogP contribution in [0, 0.1) is 5.82 Å². The van der Waals surface area contributed by atoms with E-state index >= 15 is 4.39 Å². The zero-order valence-corrected chi connectivity index (χ0v) is 39.5. The number of amides is 2. The summed E-state index contributed by atoms with van der Waals surface area (Å²) >= 11 is 0. The number of piperazine rings is 1. The molecule has 2 fully saturated rings. The smallest absolute Gasteiger partial charge is 0.333 e.